The fourth-order valence-corrected chi connectivity index (χ4v) is 3.70. The van der Waals surface area contributed by atoms with Gasteiger partial charge in [0.05, 0.1) is 9.83 Å². The van der Waals surface area contributed by atoms with Crippen LogP contribution in [0.3, 0.4) is 0 Å². The lowest BCUT2D eigenvalue weighted by Gasteiger charge is -2.13. The summed E-state index contributed by atoms with van der Waals surface area (Å²) in [5.41, 5.74) is 2.36. The summed E-state index contributed by atoms with van der Waals surface area (Å²) in [6.07, 6.45) is 1.66. The molecule has 2 aromatic carbocycles. The van der Waals surface area contributed by atoms with Crippen LogP contribution in [-0.4, -0.2) is 40.0 Å². The SMILES string of the molecule is Cc1ccc(C=C2SC(=O)N(CCNC(=O)c3ccc(C)c([N+](=O)[O-])c3)C2=O)cc1. The summed E-state index contributed by atoms with van der Waals surface area (Å²) < 4.78 is 0. The molecule has 3 amide bonds. The summed E-state index contributed by atoms with van der Waals surface area (Å²) in [6.45, 7) is 3.59. The highest BCUT2D eigenvalue weighted by Crippen LogP contribution is 2.31. The van der Waals surface area contributed by atoms with Crippen LogP contribution in [-0.2, 0) is 4.79 Å². The first-order valence-corrected chi connectivity index (χ1v) is 9.93. The number of carbonyl (C=O) groups is 3. The van der Waals surface area contributed by atoms with Gasteiger partial charge in [0, 0.05) is 30.3 Å². The molecule has 1 aliphatic heterocycles. The number of thioether (sulfide) groups is 1. The van der Waals surface area contributed by atoms with Crippen molar-refractivity contribution in [2.75, 3.05) is 13.1 Å². The molecular weight excluding hydrogens is 406 g/mol. The number of nitrogens with zero attached hydrogens (tertiary/aromatic N) is 2. The average molecular weight is 425 g/mol. The molecule has 9 heteroatoms. The minimum absolute atomic E-state index is 0.00952. The van der Waals surface area contributed by atoms with Crippen LogP contribution < -0.4 is 5.32 Å². The predicted molar refractivity (Wildman–Crippen MR) is 114 cm³/mol. The number of nitro groups is 1. The number of imide groups is 1. The van der Waals surface area contributed by atoms with Crippen LogP contribution in [0, 0.1) is 24.0 Å². The zero-order valence-corrected chi connectivity index (χ0v) is 17.2. The van der Waals surface area contributed by atoms with Crippen molar-refractivity contribution in [3.05, 3.63) is 79.7 Å². The summed E-state index contributed by atoms with van der Waals surface area (Å²) in [4.78, 5) is 48.8. The Morgan fingerprint density at radius 3 is 2.53 bits per heavy atom. The number of amides is 3. The topological polar surface area (TPSA) is 110 Å². The van der Waals surface area contributed by atoms with Crippen LogP contribution in [0.25, 0.3) is 6.08 Å². The first-order valence-electron chi connectivity index (χ1n) is 9.11. The lowest BCUT2D eigenvalue weighted by molar-refractivity contribution is -0.385. The van der Waals surface area contributed by atoms with Crippen molar-refractivity contribution in [1.82, 2.24) is 10.2 Å². The van der Waals surface area contributed by atoms with Crippen LogP contribution in [0.5, 0.6) is 0 Å². The third kappa shape index (κ3) is 4.74. The molecule has 0 radical (unpaired) electrons. The molecule has 0 aromatic heterocycles. The van der Waals surface area contributed by atoms with E-state index in [1.165, 1.54) is 18.2 Å². The van der Waals surface area contributed by atoms with Crippen LogP contribution in [0.4, 0.5) is 10.5 Å². The van der Waals surface area contributed by atoms with E-state index in [1.807, 2.05) is 31.2 Å². The van der Waals surface area contributed by atoms with Crippen molar-refractivity contribution >= 4 is 40.6 Å². The van der Waals surface area contributed by atoms with Gasteiger partial charge in [-0.15, -0.1) is 0 Å². The molecule has 0 unspecified atom stereocenters. The van der Waals surface area contributed by atoms with E-state index in [0.29, 0.717) is 10.5 Å². The summed E-state index contributed by atoms with van der Waals surface area (Å²) in [5, 5.41) is 13.2. The number of nitro benzene ring substituents is 1. The third-order valence-corrected chi connectivity index (χ3v) is 5.45. The summed E-state index contributed by atoms with van der Waals surface area (Å²) in [6, 6.07) is 11.8. The molecule has 1 saturated heterocycles. The van der Waals surface area contributed by atoms with E-state index < -0.39 is 22.0 Å². The van der Waals surface area contributed by atoms with Crippen LogP contribution in [0.15, 0.2) is 47.4 Å². The highest BCUT2D eigenvalue weighted by molar-refractivity contribution is 8.18. The lowest BCUT2D eigenvalue weighted by atomic mass is 10.1. The van der Waals surface area contributed by atoms with Crippen LogP contribution in [0.2, 0.25) is 0 Å². The minimum Gasteiger partial charge on any atom is -0.350 e. The molecule has 30 heavy (non-hydrogen) atoms. The number of benzene rings is 2. The molecule has 3 rings (SSSR count). The summed E-state index contributed by atoms with van der Waals surface area (Å²) in [7, 11) is 0. The van der Waals surface area contributed by atoms with Crippen molar-refractivity contribution < 1.29 is 19.3 Å². The second-order valence-electron chi connectivity index (χ2n) is 6.76. The number of carbonyl (C=O) groups excluding carboxylic acids is 3. The average Bonchev–Trinajstić information content (AvgIpc) is 2.97. The van der Waals surface area contributed by atoms with Gasteiger partial charge < -0.3 is 5.32 Å². The van der Waals surface area contributed by atoms with Gasteiger partial charge in [0.2, 0.25) is 0 Å². The first kappa shape index (κ1) is 21.3. The van der Waals surface area contributed by atoms with Crippen LogP contribution in [0.1, 0.15) is 27.0 Å². The van der Waals surface area contributed by atoms with E-state index in [-0.39, 0.29) is 24.3 Å². The molecular formula is C21H19N3O5S. The van der Waals surface area contributed by atoms with E-state index in [0.717, 1.165) is 27.8 Å². The van der Waals surface area contributed by atoms with Crippen molar-refractivity contribution in [3.63, 3.8) is 0 Å². The number of rotatable bonds is 6. The van der Waals surface area contributed by atoms with Gasteiger partial charge in [-0.05, 0) is 43.3 Å². The molecule has 1 aliphatic rings. The quantitative estimate of drug-likeness (QED) is 0.430. The Hall–Kier alpha value is -3.46. The largest absolute Gasteiger partial charge is 0.350 e. The maximum atomic E-state index is 12.5. The summed E-state index contributed by atoms with van der Waals surface area (Å²) in [5.74, 6) is -0.925. The molecule has 1 fully saturated rings. The number of nitrogens with one attached hydrogen (secondary N) is 1. The molecule has 0 atom stereocenters. The molecule has 1 N–H and O–H groups in total. The Balaban J connectivity index is 1.61. The smallest absolute Gasteiger partial charge is 0.293 e. The molecule has 1 heterocycles. The van der Waals surface area contributed by atoms with Gasteiger partial charge in [-0.25, -0.2) is 0 Å². The number of hydrogen-bond donors (Lipinski definition) is 1. The highest BCUT2D eigenvalue weighted by Gasteiger charge is 2.34. The Morgan fingerprint density at radius 2 is 1.87 bits per heavy atom. The zero-order chi connectivity index (χ0) is 21.8. The Bertz CT molecular complexity index is 1060. The van der Waals surface area contributed by atoms with Gasteiger partial charge in [0.1, 0.15) is 0 Å². The Morgan fingerprint density at radius 1 is 1.17 bits per heavy atom. The predicted octanol–water partition coefficient (Wildman–Crippen LogP) is 3.68. The number of aryl methyl sites for hydroxylation is 2. The Kier molecular flexibility index (Phi) is 6.31. The zero-order valence-electron chi connectivity index (χ0n) is 16.4. The minimum atomic E-state index is -0.549. The lowest BCUT2D eigenvalue weighted by Crippen LogP contribution is -2.37. The van der Waals surface area contributed by atoms with Gasteiger partial charge in [0.15, 0.2) is 0 Å². The summed E-state index contributed by atoms with van der Waals surface area (Å²) >= 11 is 0.854. The van der Waals surface area contributed by atoms with Crippen LogP contribution >= 0.6 is 11.8 Å². The maximum Gasteiger partial charge on any atom is 0.293 e. The van der Waals surface area contributed by atoms with Gasteiger partial charge in [0.25, 0.3) is 22.7 Å². The van der Waals surface area contributed by atoms with E-state index in [9.17, 15) is 24.5 Å². The fourth-order valence-electron chi connectivity index (χ4n) is 2.84. The van der Waals surface area contributed by atoms with Crippen molar-refractivity contribution in [2.24, 2.45) is 0 Å². The second-order valence-corrected chi connectivity index (χ2v) is 7.75. The molecule has 0 bridgehead atoms. The number of hydrogen-bond acceptors (Lipinski definition) is 6. The van der Waals surface area contributed by atoms with E-state index in [4.69, 9.17) is 0 Å². The van der Waals surface area contributed by atoms with Crippen molar-refractivity contribution in [3.8, 4) is 0 Å². The van der Waals surface area contributed by atoms with Crippen molar-refractivity contribution in [1.29, 1.82) is 0 Å². The molecule has 0 aliphatic carbocycles. The fraction of sp³-hybridized carbons (Fsp3) is 0.190. The monoisotopic (exact) mass is 425 g/mol. The molecule has 8 nitrogen and oxygen atoms in total. The van der Waals surface area contributed by atoms with E-state index in [2.05, 4.69) is 5.32 Å². The standard InChI is InChI=1S/C21H19N3O5S/c1-13-3-6-15(7-4-13)11-18-20(26)23(21(27)30-18)10-9-22-19(25)16-8-5-14(2)17(12-16)24(28)29/h3-8,11-12H,9-10H2,1-2H3,(H,22,25). The first-order chi connectivity index (χ1) is 14.3. The molecule has 0 saturated carbocycles. The van der Waals surface area contributed by atoms with Gasteiger partial charge >= 0.3 is 0 Å². The van der Waals surface area contributed by atoms with Gasteiger partial charge in [-0.1, -0.05) is 35.9 Å². The highest BCUT2D eigenvalue weighted by atomic mass is 32.2. The maximum absolute atomic E-state index is 12.5. The Labute approximate surface area is 177 Å². The van der Waals surface area contributed by atoms with Gasteiger partial charge in [-0.3, -0.25) is 29.4 Å². The molecule has 154 valence electrons. The van der Waals surface area contributed by atoms with E-state index in [1.54, 1.807) is 13.0 Å². The van der Waals surface area contributed by atoms with Crippen molar-refractivity contribution in [2.45, 2.75) is 13.8 Å². The van der Waals surface area contributed by atoms with Gasteiger partial charge in [-0.2, -0.15) is 0 Å². The second kappa shape index (κ2) is 8.91. The normalized spacial score (nSPS) is 15.0. The van der Waals surface area contributed by atoms with E-state index >= 15 is 0 Å². The molecule has 2 aromatic rings. The molecule has 0 spiro atoms. The third-order valence-electron chi connectivity index (χ3n) is 4.54.